The van der Waals surface area contributed by atoms with Crippen LogP contribution in [0.3, 0.4) is 0 Å². The number of hydrogen-bond donors (Lipinski definition) is 1. The highest BCUT2D eigenvalue weighted by Crippen LogP contribution is 2.32. The highest BCUT2D eigenvalue weighted by atomic mass is 35.5. The Kier molecular flexibility index (Phi) is 8.77. The van der Waals surface area contributed by atoms with Crippen molar-refractivity contribution in [2.24, 2.45) is 0 Å². The van der Waals surface area contributed by atoms with Gasteiger partial charge in [-0.1, -0.05) is 18.0 Å². The van der Waals surface area contributed by atoms with E-state index in [1.807, 2.05) is 0 Å². The van der Waals surface area contributed by atoms with Crippen molar-refractivity contribution >= 4 is 43.2 Å². The van der Waals surface area contributed by atoms with Crippen LogP contribution in [-0.2, 0) is 24.8 Å². The van der Waals surface area contributed by atoms with E-state index in [1.54, 1.807) is 6.92 Å². The zero-order chi connectivity index (χ0) is 26.6. The number of amides is 1. The van der Waals surface area contributed by atoms with Crippen LogP contribution in [0, 0.1) is 0 Å². The molecular formula is C24H30ClN3O7S2. The lowest BCUT2D eigenvalue weighted by molar-refractivity contribution is 0.0730. The second kappa shape index (κ2) is 11.7. The number of benzene rings is 2. The highest BCUT2D eigenvalue weighted by Gasteiger charge is 2.30. The Hall–Kier alpha value is -2.22. The summed E-state index contributed by atoms with van der Waals surface area (Å²) in [4.78, 5) is 13.1. The first-order chi connectivity index (χ1) is 17.6. The van der Waals surface area contributed by atoms with E-state index in [2.05, 4.69) is 5.32 Å². The smallest absolute Gasteiger partial charge is 0.255 e. The van der Waals surface area contributed by atoms with E-state index in [9.17, 15) is 21.6 Å². The van der Waals surface area contributed by atoms with Crippen LogP contribution in [0.2, 0.25) is 5.02 Å². The second-order valence-corrected chi connectivity index (χ2v) is 12.9. The maximum atomic E-state index is 13.2. The fourth-order valence-electron chi connectivity index (χ4n) is 4.27. The van der Waals surface area contributed by atoms with Crippen molar-refractivity contribution in [3.05, 3.63) is 47.0 Å². The molecule has 0 aromatic heterocycles. The van der Waals surface area contributed by atoms with Crippen LogP contribution in [0.1, 0.15) is 36.5 Å². The van der Waals surface area contributed by atoms with Gasteiger partial charge in [0.25, 0.3) is 5.91 Å². The van der Waals surface area contributed by atoms with Crippen molar-refractivity contribution in [1.82, 2.24) is 8.61 Å². The van der Waals surface area contributed by atoms with E-state index in [0.717, 1.165) is 19.3 Å². The van der Waals surface area contributed by atoms with Crippen LogP contribution in [-0.4, -0.2) is 77.4 Å². The lowest BCUT2D eigenvalue weighted by atomic mass is 10.2. The van der Waals surface area contributed by atoms with Crippen LogP contribution >= 0.6 is 11.6 Å². The molecule has 13 heteroatoms. The molecule has 202 valence electrons. The Bertz CT molecular complexity index is 1350. The van der Waals surface area contributed by atoms with Crippen LogP contribution in [0.25, 0.3) is 0 Å². The minimum Gasteiger partial charge on any atom is -0.492 e. The maximum absolute atomic E-state index is 13.2. The van der Waals surface area contributed by atoms with Gasteiger partial charge in [0.1, 0.15) is 10.6 Å². The molecule has 37 heavy (non-hydrogen) atoms. The van der Waals surface area contributed by atoms with Gasteiger partial charge in [0.15, 0.2) is 0 Å². The number of ether oxygens (including phenoxy) is 2. The lowest BCUT2D eigenvalue weighted by Crippen LogP contribution is -2.40. The number of nitrogens with one attached hydrogen (secondary N) is 1. The summed E-state index contributed by atoms with van der Waals surface area (Å²) >= 11 is 6.22. The van der Waals surface area contributed by atoms with E-state index in [0.29, 0.717) is 25.4 Å². The molecule has 0 spiro atoms. The summed E-state index contributed by atoms with van der Waals surface area (Å²) in [5, 5.41) is 2.68. The van der Waals surface area contributed by atoms with Gasteiger partial charge in [-0.25, -0.2) is 16.8 Å². The number of nitrogens with zero attached hydrogens (tertiary/aromatic N) is 2. The summed E-state index contributed by atoms with van der Waals surface area (Å²) < 4.78 is 66.2. The predicted octanol–water partition coefficient (Wildman–Crippen LogP) is 3.19. The van der Waals surface area contributed by atoms with Gasteiger partial charge in [0.05, 0.1) is 35.4 Å². The Morgan fingerprint density at radius 3 is 2.30 bits per heavy atom. The fourth-order valence-corrected chi connectivity index (χ4v) is 7.72. The van der Waals surface area contributed by atoms with Crippen LogP contribution < -0.4 is 10.1 Å². The van der Waals surface area contributed by atoms with Crippen LogP contribution in [0.15, 0.2) is 46.2 Å². The SMILES string of the molecule is CCOc1ccc(S(=O)(=O)N2CCCCC2)cc1NC(=O)c1ccc(Cl)c(S(=O)(=O)N2CCOCC2)c1. The number of hydrogen-bond acceptors (Lipinski definition) is 7. The second-order valence-electron chi connectivity index (χ2n) is 8.67. The molecular weight excluding hydrogens is 542 g/mol. The molecule has 1 amide bonds. The first kappa shape index (κ1) is 27.8. The summed E-state index contributed by atoms with van der Waals surface area (Å²) in [7, 11) is -7.69. The maximum Gasteiger partial charge on any atom is 0.255 e. The molecule has 0 aliphatic carbocycles. The van der Waals surface area contributed by atoms with Crippen molar-refractivity contribution in [2.45, 2.75) is 36.0 Å². The van der Waals surface area contributed by atoms with E-state index in [-0.39, 0.29) is 52.4 Å². The summed E-state index contributed by atoms with van der Waals surface area (Å²) in [6, 6.07) is 8.31. The molecule has 2 saturated heterocycles. The van der Waals surface area contributed by atoms with Gasteiger partial charge in [-0.2, -0.15) is 8.61 Å². The quantitative estimate of drug-likeness (QED) is 0.516. The number of anilines is 1. The zero-order valence-corrected chi connectivity index (χ0v) is 22.9. The molecule has 2 aliphatic heterocycles. The largest absolute Gasteiger partial charge is 0.492 e. The molecule has 4 rings (SSSR count). The number of rotatable bonds is 8. The summed E-state index contributed by atoms with van der Waals surface area (Å²) in [6.45, 7) is 3.87. The van der Waals surface area contributed by atoms with Crippen molar-refractivity contribution in [2.75, 3.05) is 51.3 Å². The van der Waals surface area contributed by atoms with E-state index in [1.165, 1.54) is 45.0 Å². The molecule has 0 bridgehead atoms. The third-order valence-corrected chi connectivity index (χ3v) is 10.5. The van der Waals surface area contributed by atoms with Gasteiger partial charge in [0.2, 0.25) is 20.0 Å². The zero-order valence-electron chi connectivity index (χ0n) is 20.5. The van der Waals surface area contributed by atoms with Gasteiger partial charge >= 0.3 is 0 Å². The van der Waals surface area contributed by atoms with E-state index >= 15 is 0 Å². The number of sulfonamides is 2. The van der Waals surface area contributed by atoms with Crippen LogP contribution in [0.5, 0.6) is 5.75 Å². The summed E-state index contributed by atoms with van der Waals surface area (Å²) in [5.41, 5.74) is 0.209. The third-order valence-electron chi connectivity index (χ3n) is 6.23. The van der Waals surface area contributed by atoms with E-state index in [4.69, 9.17) is 21.1 Å². The minimum atomic E-state index is -3.95. The summed E-state index contributed by atoms with van der Waals surface area (Å²) in [5.74, 6) is -0.341. The van der Waals surface area contributed by atoms with Crippen molar-refractivity contribution in [3.8, 4) is 5.75 Å². The third kappa shape index (κ3) is 6.10. The number of carbonyl (C=O) groups excluding carboxylic acids is 1. The van der Waals surface area contributed by atoms with Gasteiger partial charge in [-0.05, 0) is 56.2 Å². The first-order valence-electron chi connectivity index (χ1n) is 12.1. The minimum absolute atomic E-state index is 0.00679. The molecule has 2 fully saturated rings. The standard InChI is InChI=1S/C24H30ClN3O7S2/c1-2-35-22-9-7-19(36(30,31)27-10-4-3-5-11-27)17-21(22)26-24(29)18-6-8-20(25)23(16-18)37(32,33)28-12-14-34-15-13-28/h6-9,16-17H,2-5,10-15H2,1H3,(H,26,29). The number of morpholine rings is 1. The molecule has 2 aromatic carbocycles. The van der Waals surface area contributed by atoms with Gasteiger partial charge in [-0.3, -0.25) is 4.79 Å². The normalized spacial score (nSPS) is 17.9. The fraction of sp³-hybridized carbons (Fsp3) is 0.458. The van der Waals surface area contributed by atoms with Gasteiger partial charge in [-0.15, -0.1) is 0 Å². The molecule has 2 aromatic rings. The molecule has 1 N–H and O–H groups in total. The van der Waals surface area contributed by atoms with Crippen LogP contribution in [0.4, 0.5) is 5.69 Å². The van der Waals surface area contributed by atoms with E-state index < -0.39 is 26.0 Å². The molecule has 0 atom stereocenters. The highest BCUT2D eigenvalue weighted by molar-refractivity contribution is 7.89. The molecule has 2 heterocycles. The van der Waals surface area contributed by atoms with Gasteiger partial charge < -0.3 is 14.8 Å². The average molecular weight is 572 g/mol. The lowest BCUT2D eigenvalue weighted by Gasteiger charge is -2.26. The van der Waals surface area contributed by atoms with Crippen molar-refractivity contribution in [1.29, 1.82) is 0 Å². The monoisotopic (exact) mass is 571 g/mol. The number of carbonyl (C=O) groups is 1. The van der Waals surface area contributed by atoms with Gasteiger partial charge in [0, 0.05) is 31.7 Å². The molecule has 0 saturated carbocycles. The Labute approximate surface area is 222 Å². The number of piperidine rings is 1. The number of halogens is 1. The predicted molar refractivity (Wildman–Crippen MR) is 139 cm³/mol. The molecule has 10 nitrogen and oxygen atoms in total. The topological polar surface area (TPSA) is 122 Å². The average Bonchev–Trinajstić information content (AvgIpc) is 2.90. The summed E-state index contributed by atoms with van der Waals surface area (Å²) in [6.07, 6.45) is 2.58. The van der Waals surface area contributed by atoms with Crippen molar-refractivity contribution < 1.29 is 31.1 Å². The Morgan fingerprint density at radius 1 is 0.946 bits per heavy atom. The Morgan fingerprint density at radius 2 is 1.62 bits per heavy atom. The molecule has 2 aliphatic rings. The Balaban J connectivity index is 1.64. The van der Waals surface area contributed by atoms with Crippen molar-refractivity contribution in [3.63, 3.8) is 0 Å². The first-order valence-corrected chi connectivity index (χ1v) is 15.4. The molecule has 0 unspecified atom stereocenters. The molecule has 0 radical (unpaired) electrons.